The van der Waals surface area contributed by atoms with Crippen LogP contribution in [-0.2, 0) is 4.79 Å². The maximum absolute atomic E-state index is 12.1. The van der Waals surface area contributed by atoms with Crippen LogP contribution in [-0.4, -0.2) is 17.4 Å². The van der Waals surface area contributed by atoms with Gasteiger partial charge in [0.1, 0.15) is 0 Å². The van der Waals surface area contributed by atoms with Gasteiger partial charge in [0.25, 0.3) is 5.91 Å². The summed E-state index contributed by atoms with van der Waals surface area (Å²) in [6.07, 6.45) is 1.31. The Morgan fingerprint density at radius 2 is 1.86 bits per heavy atom. The van der Waals surface area contributed by atoms with Crippen molar-refractivity contribution in [3.05, 3.63) is 69.3 Å². The number of hydrogen-bond donors (Lipinski definition) is 0. The molecule has 0 fully saturated rings. The Balaban J connectivity index is 2.49. The van der Waals surface area contributed by atoms with E-state index in [0.29, 0.717) is 22.4 Å². The van der Waals surface area contributed by atoms with Gasteiger partial charge in [0.2, 0.25) is 0 Å². The quantitative estimate of drug-likeness (QED) is 0.359. The molecule has 0 heterocycles. The number of carbonyl (C=O) groups is 2. The predicted octanol–water partition coefficient (Wildman–Crippen LogP) is 3.38. The first-order chi connectivity index (χ1) is 10.0. The summed E-state index contributed by atoms with van der Waals surface area (Å²) in [5, 5.41) is 3.38. The summed E-state index contributed by atoms with van der Waals surface area (Å²) >= 11 is 0. The SMILES string of the molecule is CC1=CC(=O)C(N=[N+]=[N-])=C(C)C1=NC(=O)c1ccccc1. The molecule has 0 N–H and O–H groups in total. The van der Waals surface area contributed by atoms with Crippen molar-refractivity contribution in [3.63, 3.8) is 0 Å². The maximum Gasteiger partial charge on any atom is 0.277 e. The molecule has 1 aromatic rings. The van der Waals surface area contributed by atoms with Crippen molar-refractivity contribution in [2.45, 2.75) is 13.8 Å². The molecule has 1 amide bonds. The van der Waals surface area contributed by atoms with E-state index in [2.05, 4.69) is 15.0 Å². The van der Waals surface area contributed by atoms with Gasteiger partial charge in [0.05, 0.1) is 11.4 Å². The highest BCUT2D eigenvalue weighted by Crippen LogP contribution is 2.21. The smallest absolute Gasteiger partial charge is 0.277 e. The third-order valence-corrected chi connectivity index (χ3v) is 3.04. The van der Waals surface area contributed by atoms with Crippen LogP contribution in [0.5, 0.6) is 0 Å². The lowest BCUT2D eigenvalue weighted by atomic mass is 9.94. The Morgan fingerprint density at radius 1 is 1.19 bits per heavy atom. The van der Waals surface area contributed by atoms with Crippen LogP contribution in [0.15, 0.2) is 63.4 Å². The van der Waals surface area contributed by atoms with Gasteiger partial charge >= 0.3 is 0 Å². The lowest BCUT2D eigenvalue weighted by Gasteiger charge is -2.14. The second-order valence-corrected chi connectivity index (χ2v) is 4.49. The molecule has 0 saturated heterocycles. The summed E-state index contributed by atoms with van der Waals surface area (Å²) < 4.78 is 0. The summed E-state index contributed by atoms with van der Waals surface area (Å²) in [5.41, 5.74) is 10.3. The number of benzene rings is 1. The third kappa shape index (κ3) is 2.96. The Kier molecular flexibility index (Phi) is 4.11. The standard InChI is InChI=1S/C15H12N4O2/c1-9-8-12(20)14(18-19-16)10(2)13(9)17-15(21)11-6-4-3-5-7-11/h3-8H,1-2H3. The van der Waals surface area contributed by atoms with Gasteiger partial charge in [-0.2, -0.15) is 0 Å². The highest BCUT2D eigenvalue weighted by molar-refractivity contribution is 6.26. The van der Waals surface area contributed by atoms with Gasteiger partial charge in [0, 0.05) is 10.5 Å². The van der Waals surface area contributed by atoms with E-state index in [1.807, 2.05) is 0 Å². The van der Waals surface area contributed by atoms with E-state index < -0.39 is 5.91 Å². The number of rotatable bonds is 2. The summed E-state index contributed by atoms with van der Waals surface area (Å²) in [5.74, 6) is -0.791. The topological polar surface area (TPSA) is 95.3 Å². The van der Waals surface area contributed by atoms with E-state index in [1.54, 1.807) is 44.2 Å². The van der Waals surface area contributed by atoms with Crippen molar-refractivity contribution in [1.29, 1.82) is 0 Å². The molecule has 0 bridgehead atoms. The Morgan fingerprint density at radius 3 is 2.48 bits per heavy atom. The van der Waals surface area contributed by atoms with Crippen molar-refractivity contribution in [3.8, 4) is 0 Å². The monoisotopic (exact) mass is 280 g/mol. The van der Waals surface area contributed by atoms with E-state index in [9.17, 15) is 9.59 Å². The molecular formula is C15H12N4O2. The van der Waals surface area contributed by atoms with E-state index in [-0.39, 0.29) is 11.5 Å². The van der Waals surface area contributed by atoms with Crippen LogP contribution in [0.3, 0.4) is 0 Å². The number of nitrogens with zero attached hydrogens (tertiary/aromatic N) is 4. The predicted molar refractivity (Wildman–Crippen MR) is 78.8 cm³/mol. The highest BCUT2D eigenvalue weighted by Gasteiger charge is 2.22. The molecule has 0 radical (unpaired) electrons. The van der Waals surface area contributed by atoms with Crippen LogP contribution in [0.1, 0.15) is 24.2 Å². The number of amides is 1. The number of carbonyl (C=O) groups excluding carboxylic acids is 2. The number of hydrogen-bond acceptors (Lipinski definition) is 3. The van der Waals surface area contributed by atoms with E-state index in [0.717, 1.165) is 0 Å². The second-order valence-electron chi connectivity index (χ2n) is 4.49. The molecule has 1 aromatic carbocycles. The molecule has 2 rings (SSSR count). The molecule has 104 valence electrons. The molecule has 6 nitrogen and oxygen atoms in total. The minimum atomic E-state index is -0.410. The van der Waals surface area contributed by atoms with Gasteiger partial charge in [0.15, 0.2) is 5.78 Å². The largest absolute Gasteiger partial charge is 0.289 e. The minimum absolute atomic E-state index is 0.0253. The fraction of sp³-hybridized carbons (Fsp3) is 0.133. The summed E-state index contributed by atoms with van der Waals surface area (Å²) in [7, 11) is 0. The number of aliphatic imine (C=N–C) groups is 1. The van der Waals surface area contributed by atoms with Crippen molar-refractivity contribution in [2.75, 3.05) is 0 Å². The molecule has 0 spiro atoms. The molecule has 0 atom stereocenters. The van der Waals surface area contributed by atoms with Crippen LogP contribution >= 0.6 is 0 Å². The number of allylic oxidation sites excluding steroid dienone is 3. The lowest BCUT2D eigenvalue weighted by Crippen LogP contribution is -2.17. The molecular weight excluding hydrogens is 268 g/mol. The summed E-state index contributed by atoms with van der Waals surface area (Å²) in [6, 6.07) is 8.61. The van der Waals surface area contributed by atoms with Gasteiger partial charge < -0.3 is 0 Å². The van der Waals surface area contributed by atoms with Gasteiger partial charge in [-0.1, -0.05) is 23.3 Å². The number of azide groups is 1. The van der Waals surface area contributed by atoms with Crippen LogP contribution in [0, 0.1) is 0 Å². The molecule has 0 aromatic heterocycles. The maximum atomic E-state index is 12.1. The summed E-state index contributed by atoms with van der Waals surface area (Å²) in [6.45, 7) is 3.29. The average Bonchev–Trinajstić information content (AvgIpc) is 2.48. The van der Waals surface area contributed by atoms with E-state index in [4.69, 9.17) is 5.53 Å². The fourth-order valence-corrected chi connectivity index (χ4v) is 2.01. The molecule has 0 saturated carbocycles. The van der Waals surface area contributed by atoms with Crippen molar-refractivity contribution in [2.24, 2.45) is 10.1 Å². The molecule has 1 aliphatic carbocycles. The fourth-order valence-electron chi connectivity index (χ4n) is 2.01. The van der Waals surface area contributed by atoms with Crippen LogP contribution in [0.4, 0.5) is 0 Å². The van der Waals surface area contributed by atoms with Crippen LogP contribution in [0.2, 0.25) is 0 Å². The average molecular weight is 280 g/mol. The van der Waals surface area contributed by atoms with Gasteiger partial charge in [-0.3, -0.25) is 9.59 Å². The Hall–Kier alpha value is -2.98. The minimum Gasteiger partial charge on any atom is -0.289 e. The molecule has 1 aliphatic rings. The van der Waals surface area contributed by atoms with Crippen molar-refractivity contribution < 1.29 is 9.59 Å². The summed E-state index contributed by atoms with van der Waals surface area (Å²) in [4.78, 5) is 30.6. The molecule has 0 unspecified atom stereocenters. The highest BCUT2D eigenvalue weighted by atomic mass is 16.1. The third-order valence-electron chi connectivity index (χ3n) is 3.04. The van der Waals surface area contributed by atoms with Crippen molar-refractivity contribution >= 4 is 17.4 Å². The van der Waals surface area contributed by atoms with Gasteiger partial charge in [-0.15, -0.1) is 0 Å². The van der Waals surface area contributed by atoms with Gasteiger partial charge in [-0.25, -0.2) is 4.99 Å². The van der Waals surface area contributed by atoms with E-state index >= 15 is 0 Å². The molecule has 21 heavy (non-hydrogen) atoms. The van der Waals surface area contributed by atoms with Crippen LogP contribution in [0.25, 0.3) is 10.4 Å². The normalized spacial score (nSPS) is 16.6. The first kappa shape index (κ1) is 14.4. The Bertz CT molecular complexity index is 751. The lowest BCUT2D eigenvalue weighted by molar-refractivity contribution is -0.111. The first-order valence-electron chi connectivity index (χ1n) is 6.22. The Labute approximate surface area is 121 Å². The van der Waals surface area contributed by atoms with Gasteiger partial charge in [-0.05, 0) is 48.7 Å². The second kappa shape index (κ2) is 5.98. The zero-order valence-electron chi connectivity index (χ0n) is 11.6. The molecule has 6 heteroatoms. The van der Waals surface area contributed by atoms with E-state index in [1.165, 1.54) is 6.08 Å². The zero-order valence-corrected chi connectivity index (χ0v) is 11.6. The van der Waals surface area contributed by atoms with Crippen molar-refractivity contribution in [1.82, 2.24) is 0 Å². The zero-order chi connectivity index (χ0) is 15.4. The first-order valence-corrected chi connectivity index (χ1v) is 6.22. The molecule has 0 aliphatic heterocycles. The number of ketones is 1. The van der Waals surface area contributed by atoms with Crippen LogP contribution < -0.4 is 0 Å².